The van der Waals surface area contributed by atoms with Crippen LogP contribution in [0.3, 0.4) is 0 Å². The quantitative estimate of drug-likeness (QED) is 0.565. The molecule has 0 aromatic carbocycles. The average molecular weight is 110 g/mol. The Kier molecular flexibility index (Phi) is 1.04. The van der Waals surface area contributed by atoms with E-state index in [4.69, 9.17) is 0 Å². The highest BCUT2D eigenvalue weighted by molar-refractivity contribution is 5.86. The molecule has 0 aliphatic carbocycles. The number of hydrogen-bond donors (Lipinski definition) is 1. The Labute approximate surface area is 46.0 Å². The second-order valence-corrected chi connectivity index (χ2v) is 1.39. The topological polar surface area (TPSA) is 52.8 Å². The van der Waals surface area contributed by atoms with Crippen molar-refractivity contribution in [1.82, 2.24) is 4.98 Å². The molecule has 8 heavy (non-hydrogen) atoms. The number of hydrogen-bond acceptors (Lipinski definition) is 1. The van der Waals surface area contributed by atoms with Crippen molar-refractivity contribution in [1.29, 1.82) is 0 Å². The van der Waals surface area contributed by atoms with Gasteiger partial charge in [-0.2, -0.15) is 0 Å². The van der Waals surface area contributed by atoms with E-state index in [1.54, 1.807) is 0 Å². The van der Waals surface area contributed by atoms with Gasteiger partial charge in [-0.15, -0.1) is 0 Å². The van der Waals surface area contributed by atoms with E-state index in [1.807, 2.05) is 0 Å². The van der Waals surface area contributed by atoms with Crippen LogP contribution in [-0.4, -0.2) is 11.0 Å². The molecule has 1 rings (SSSR count). The summed E-state index contributed by atoms with van der Waals surface area (Å²) in [6.45, 7) is 0. The highest BCUT2D eigenvalue weighted by atomic mass is 16.4. The van der Waals surface area contributed by atoms with Gasteiger partial charge in [0.15, 0.2) is 0 Å². The number of aromatic nitrogens is 1. The number of nitrogens with one attached hydrogen (secondary N) is 1. The van der Waals surface area contributed by atoms with Crippen molar-refractivity contribution < 1.29 is 9.90 Å². The highest BCUT2D eigenvalue weighted by Crippen LogP contribution is 1.94. The maximum absolute atomic E-state index is 9.93. The maximum atomic E-state index is 9.93. The van der Waals surface area contributed by atoms with Gasteiger partial charge in [-0.1, -0.05) is 0 Å². The fourth-order valence-corrected chi connectivity index (χ4v) is 0.451. The third kappa shape index (κ3) is 0.703. The van der Waals surface area contributed by atoms with Crippen LogP contribution in [0.15, 0.2) is 18.5 Å². The smallest absolute Gasteiger partial charge is 0.367 e. The minimum Gasteiger partial charge on any atom is -0.367 e. The fraction of sp³-hybridized carbons (Fsp3) is 0. The lowest BCUT2D eigenvalue weighted by molar-refractivity contribution is 0.0573. The molecule has 0 atom stereocenters. The molecule has 1 N–H and O–H groups in total. The van der Waals surface area contributed by atoms with Crippen LogP contribution in [0.4, 0.5) is 0 Å². The summed E-state index contributed by atoms with van der Waals surface area (Å²) in [4.78, 5) is 12.5. The molecular formula is C5H4NO2. The molecule has 0 saturated heterocycles. The molecule has 1 aromatic rings. The average Bonchev–Trinajstić information content (AvgIpc) is 2.12. The first-order valence-electron chi connectivity index (χ1n) is 2.15. The molecular weight excluding hydrogens is 106 g/mol. The van der Waals surface area contributed by atoms with Gasteiger partial charge in [-0.05, 0) is 6.07 Å². The number of aromatic amines is 1. The maximum Gasteiger partial charge on any atom is 0.387 e. The van der Waals surface area contributed by atoms with Gasteiger partial charge < -0.3 is 4.98 Å². The Morgan fingerprint density at radius 1 is 1.62 bits per heavy atom. The molecule has 1 aromatic heterocycles. The zero-order valence-electron chi connectivity index (χ0n) is 4.05. The molecule has 0 aliphatic rings. The van der Waals surface area contributed by atoms with E-state index < -0.39 is 5.97 Å². The van der Waals surface area contributed by atoms with Crippen LogP contribution in [0.2, 0.25) is 0 Å². The van der Waals surface area contributed by atoms with E-state index in [0.29, 0.717) is 0 Å². The molecule has 0 amide bonds. The molecule has 1 heterocycles. The van der Waals surface area contributed by atoms with Crippen molar-refractivity contribution in [3.63, 3.8) is 0 Å². The SMILES string of the molecule is [O]C(=O)c1cc[nH]c1. The molecule has 0 unspecified atom stereocenters. The zero-order valence-corrected chi connectivity index (χ0v) is 4.05. The molecule has 0 spiro atoms. The van der Waals surface area contributed by atoms with E-state index in [0.717, 1.165) is 0 Å². The van der Waals surface area contributed by atoms with Crippen molar-refractivity contribution in [2.24, 2.45) is 0 Å². The first-order chi connectivity index (χ1) is 3.80. The van der Waals surface area contributed by atoms with Gasteiger partial charge in [0.25, 0.3) is 0 Å². The standard InChI is InChI=1S/C5H4NO2/c7-5(8)4-1-2-6-3-4/h1-3,6H. The highest BCUT2D eigenvalue weighted by Gasteiger charge is 2.01. The third-order valence-electron chi connectivity index (χ3n) is 0.834. The minimum absolute atomic E-state index is 0.185. The lowest BCUT2D eigenvalue weighted by Crippen LogP contribution is -1.88. The van der Waals surface area contributed by atoms with E-state index in [9.17, 15) is 9.90 Å². The summed E-state index contributed by atoms with van der Waals surface area (Å²) >= 11 is 0. The molecule has 0 aliphatic heterocycles. The lowest BCUT2D eigenvalue weighted by Gasteiger charge is -1.74. The Hall–Kier alpha value is -1.25. The van der Waals surface area contributed by atoms with Crippen LogP contribution >= 0.6 is 0 Å². The van der Waals surface area contributed by atoms with Crippen molar-refractivity contribution >= 4 is 5.97 Å². The van der Waals surface area contributed by atoms with Crippen LogP contribution in [0.5, 0.6) is 0 Å². The van der Waals surface area contributed by atoms with Crippen LogP contribution in [0.25, 0.3) is 0 Å². The number of rotatable bonds is 1. The van der Waals surface area contributed by atoms with E-state index >= 15 is 0 Å². The van der Waals surface area contributed by atoms with Crippen LogP contribution in [-0.2, 0) is 5.11 Å². The van der Waals surface area contributed by atoms with E-state index in [-0.39, 0.29) is 5.56 Å². The van der Waals surface area contributed by atoms with Crippen LogP contribution in [0.1, 0.15) is 10.4 Å². The Morgan fingerprint density at radius 3 is 2.62 bits per heavy atom. The molecule has 41 valence electrons. The monoisotopic (exact) mass is 110 g/mol. The van der Waals surface area contributed by atoms with Crippen LogP contribution in [0, 0.1) is 0 Å². The lowest BCUT2D eigenvalue weighted by atomic mass is 10.4. The van der Waals surface area contributed by atoms with Gasteiger partial charge in [0.2, 0.25) is 0 Å². The first-order valence-corrected chi connectivity index (χ1v) is 2.15. The van der Waals surface area contributed by atoms with Gasteiger partial charge in [0.1, 0.15) is 0 Å². The Bertz CT molecular complexity index is 178. The summed E-state index contributed by atoms with van der Waals surface area (Å²) in [5, 5.41) is 9.93. The number of carbonyl (C=O) groups is 1. The number of H-pyrrole nitrogens is 1. The molecule has 0 bridgehead atoms. The molecule has 3 heteroatoms. The Morgan fingerprint density at radius 2 is 2.38 bits per heavy atom. The number of carbonyl (C=O) groups excluding carboxylic acids is 1. The van der Waals surface area contributed by atoms with Crippen LogP contribution < -0.4 is 0 Å². The molecule has 1 radical (unpaired) electrons. The van der Waals surface area contributed by atoms with Gasteiger partial charge in [-0.25, -0.2) is 9.90 Å². The van der Waals surface area contributed by atoms with Gasteiger partial charge in [0, 0.05) is 12.4 Å². The van der Waals surface area contributed by atoms with Crippen molar-refractivity contribution in [3.8, 4) is 0 Å². The summed E-state index contributed by atoms with van der Waals surface area (Å²) < 4.78 is 0. The molecule has 0 saturated carbocycles. The summed E-state index contributed by atoms with van der Waals surface area (Å²) in [7, 11) is 0. The first kappa shape index (κ1) is 4.90. The Balaban J connectivity index is 2.93. The van der Waals surface area contributed by atoms with Gasteiger partial charge >= 0.3 is 5.97 Å². The summed E-state index contributed by atoms with van der Waals surface area (Å²) in [6, 6.07) is 1.44. The third-order valence-corrected chi connectivity index (χ3v) is 0.834. The summed E-state index contributed by atoms with van der Waals surface area (Å²) in [5.41, 5.74) is 0.185. The second kappa shape index (κ2) is 1.69. The normalized spacial score (nSPS) is 9.00. The predicted octanol–water partition coefficient (Wildman–Crippen LogP) is 0.585. The van der Waals surface area contributed by atoms with Gasteiger partial charge in [-0.3, -0.25) is 0 Å². The van der Waals surface area contributed by atoms with E-state index in [2.05, 4.69) is 4.98 Å². The second-order valence-electron chi connectivity index (χ2n) is 1.39. The predicted molar refractivity (Wildman–Crippen MR) is 25.8 cm³/mol. The summed E-state index contributed by atoms with van der Waals surface area (Å²) in [5.74, 6) is -1.15. The van der Waals surface area contributed by atoms with Crippen molar-refractivity contribution in [3.05, 3.63) is 24.0 Å². The van der Waals surface area contributed by atoms with Crippen molar-refractivity contribution in [2.45, 2.75) is 0 Å². The largest absolute Gasteiger partial charge is 0.387 e. The fourth-order valence-electron chi connectivity index (χ4n) is 0.451. The van der Waals surface area contributed by atoms with Gasteiger partial charge in [0.05, 0.1) is 5.56 Å². The minimum atomic E-state index is -1.15. The van der Waals surface area contributed by atoms with Crippen molar-refractivity contribution in [2.75, 3.05) is 0 Å². The van der Waals surface area contributed by atoms with E-state index in [1.165, 1.54) is 18.5 Å². The molecule has 3 nitrogen and oxygen atoms in total. The zero-order chi connectivity index (χ0) is 5.98. The molecule has 0 fully saturated rings. The summed E-state index contributed by atoms with van der Waals surface area (Å²) in [6.07, 6.45) is 2.90.